The summed E-state index contributed by atoms with van der Waals surface area (Å²) in [6, 6.07) is 9.97. The first-order chi connectivity index (χ1) is 11.6. The minimum Gasteiger partial charge on any atom is -0.355 e. The maximum atomic E-state index is 12.6. The van der Waals surface area contributed by atoms with Gasteiger partial charge in [-0.15, -0.1) is 11.3 Å². The van der Waals surface area contributed by atoms with Crippen molar-refractivity contribution in [3.05, 3.63) is 57.4 Å². The van der Waals surface area contributed by atoms with E-state index in [1.807, 2.05) is 30.3 Å². The van der Waals surface area contributed by atoms with Gasteiger partial charge in [0.25, 0.3) is 5.91 Å². The van der Waals surface area contributed by atoms with Gasteiger partial charge in [-0.05, 0) is 47.9 Å². The number of nitrogens with zero attached hydrogens (tertiary/aromatic N) is 1. The van der Waals surface area contributed by atoms with Crippen LogP contribution in [0.25, 0.3) is 11.3 Å². The van der Waals surface area contributed by atoms with Gasteiger partial charge in [0.05, 0.1) is 0 Å². The maximum absolute atomic E-state index is 12.6. The molecule has 0 unspecified atom stereocenters. The molecule has 0 spiro atoms. The van der Waals surface area contributed by atoms with Crippen LogP contribution in [-0.2, 0) is 12.8 Å². The normalized spacial score (nSPS) is 12.8. The van der Waals surface area contributed by atoms with Crippen molar-refractivity contribution >= 4 is 22.9 Å². The lowest BCUT2D eigenvalue weighted by atomic mass is 9.95. The number of carbonyl (C=O) groups excluding carboxylic acids is 1. The molecule has 1 amide bonds. The SMILES string of the molecule is CC(C)c1ccc(NC(=O)c2noc3c2CCc2sccc2-3)cc1. The third-order valence-corrected chi connectivity index (χ3v) is 5.41. The van der Waals surface area contributed by atoms with Crippen LogP contribution >= 0.6 is 11.3 Å². The lowest BCUT2D eigenvalue weighted by Gasteiger charge is -2.11. The van der Waals surface area contributed by atoms with Crippen LogP contribution in [0.2, 0.25) is 0 Å². The van der Waals surface area contributed by atoms with Gasteiger partial charge in [-0.1, -0.05) is 31.1 Å². The van der Waals surface area contributed by atoms with Gasteiger partial charge < -0.3 is 9.84 Å². The van der Waals surface area contributed by atoms with Gasteiger partial charge in [0.1, 0.15) is 0 Å². The van der Waals surface area contributed by atoms with E-state index in [1.54, 1.807) is 11.3 Å². The molecule has 0 fully saturated rings. The number of rotatable bonds is 3. The summed E-state index contributed by atoms with van der Waals surface area (Å²) in [5.41, 5.74) is 4.41. The number of nitrogens with one attached hydrogen (secondary N) is 1. The fourth-order valence-electron chi connectivity index (χ4n) is 3.05. The van der Waals surface area contributed by atoms with Crippen molar-refractivity contribution < 1.29 is 9.32 Å². The number of carbonyl (C=O) groups is 1. The summed E-state index contributed by atoms with van der Waals surface area (Å²) in [5.74, 6) is 1.01. The van der Waals surface area contributed by atoms with E-state index >= 15 is 0 Å². The van der Waals surface area contributed by atoms with Crippen LogP contribution in [0.4, 0.5) is 5.69 Å². The molecule has 0 atom stereocenters. The summed E-state index contributed by atoms with van der Waals surface area (Å²) >= 11 is 1.72. The van der Waals surface area contributed by atoms with Gasteiger partial charge in [-0.2, -0.15) is 0 Å². The Morgan fingerprint density at radius 2 is 2.00 bits per heavy atom. The van der Waals surface area contributed by atoms with Crippen LogP contribution < -0.4 is 5.32 Å². The summed E-state index contributed by atoms with van der Waals surface area (Å²) in [7, 11) is 0. The van der Waals surface area contributed by atoms with Crippen molar-refractivity contribution in [3.63, 3.8) is 0 Å². The molecule has 0 bridgehead atoms. The predicted molar refractivity (Wildman–Crippen MR) is 95.7 cm³/mol. The molecule has 2 aromatic heterocycles. The summed E-state index contributed by atoms with van der Waals surface area (Å²) in [4.78, 5) is 13.9. The first-order valence-corrected chi connectivity index (χ1v) is 8.98. The Kier molecular flexibility index (Phi) is 3.73. The number of fused-ring (bicyclic) bond motifs is 3. The van der Waals surface area contributed by atoms with E-state index in [4.69, 9.17) is 4.52 Å². The fourth-order valence-corrected chi connectivity index (χ4v) is 3.92. The Bertz CT molecular complexity index is 890. The zero-order valence-electron chi connectivity index (χ0n) is 13.6. The molecule has 0 radical (unpaired) electrons. The third-order valence-electron chi connectivity index (χ3n) is 4.43. The molecule has 4 rings (SSSR count). The van der Waals surface area contributed by atoms with Gasteiger partial charge in [0.2, 0.25) is 0 Å². The molecule has 0 saturated carbocycles. The second kappa shape index (κ2) is 5.91. The summed E-state index contributed by atoms with van der Waals surface area (Å²) in [6.07, 6.45) is 1.73. The van der Waals surface area contributed by atoms with Crippen LogP contribution in [0.3, 0.4) is 0 Å². The number of thiophene rings is 1. The Labute approximate surface area is 144 Å². The van der Waals surface area contributed by atoms with E-state index in [0.29, 0.717) is 11.6 Å². The van der Waals surface area contributed by atoms with E-state index in [-0.39, 0.29) is 5.91 Å². The number of hydrogen-bond donors (Lipinski definition) is 1. The number of aryl methyl sites for hydroxylation is 1. The standard InChI is InChI=1S/C19H18N2O2S/c1-11(2)12-3-5-13(6-4-12)20-19(22)17-15-7-8-16-14(9-10-24-16)18(15)23-21-17/h3-6,9-11H,7-8H2,1-2H3,(H,20,22). The number of amides is 1. The van der Waals surface area contributed by atoms with Gasteiger partial charge in [0.15, 0.2) is 11.5 Å². The van der Waals surface area contributed by atoms with Gasteiger partial charge in [-0.3, -0.25) is 4.79 Å². The van der Waals surface area contributed by atoms with Crippen LogP contribution in [-0.4, -0.2) is 11.1 Å². The zero-order chi connectivity index (χ0) is 16.7. The fraction of sp³-hybridized carbons (Fsp3) is 0.263. The zero-order valence-corrected chi connectivity index (χ0v) is 14.4. The highest BCUT2D eigenvalue weighted by Crippen LogP contribution is 2.38. The first kappa shape index (κ1) is 15.1. The molecule has 24 heavy (non-hydrogen) atoms. The van der Waals surface area contributed by atoms with Crippen molar-refractivity contribution in [2.75, 3.05) is 5.32 Å². The second-order valence-corrected chi connectivity index (χ2v) is 7.33. The van der Waals surface area contributed by atoms with Crippen LogP contribution in [0.15, 0.2) is 40.2 Å². The Morgan fingerprint density at radius 3 is 2.75 bits per heavy atom. The van der Waals surface area contributed by atoms with Gasteiger partial charge >= 0.3 is 0 Å². The number of benzene rings is 1. The highest BCUT2D eigenvalue weighted by atomic mass is 32.1. The lowest BCUT2D eigenvalue weighted by Crippen LogP contribution is -2.15. The maximum Gasteiger partial charge on any atom is 0.278 e. The largest absolute Gasteiger partial charge is 0.355 e. The Balaban J connectivity index is 1.58. The van der Waals surface area contributed by atoms with Crippen molar-refractivity contribution in [2.24, 2.45) is 0 Å². The molecule has 3 aromatic rings. The van der Waals surface area contributed by atoms with Crippen molar-refractivity contribution in [3.8, 4) is 11.3 Å². The second-order valence-electron chi connectivity index (χ2n) is 6.33. The van der Waals surface area contributed by atoms with E-state index < -0.39 is 0 Å². The molecule has 2 heterocycles. The molecule has 0 saturated heterocycles. The third kappa shape index (κ3) is 2.55. The van der Waals surface area contributed by atoms with Crippen LogP contribution in [0.1, 0.15) is 46.3 Å². The lowest BCUT2D eigenvalue weighted by molar-refractivity contribution is 0.101. The highest BCUT2D eigenvalue weighted by Gasteiger charge is 2.28. The highest BCUT2D eigenvalue weighted by molar-refractivity contribution is 7.10. The Hall–Kier alpha value is -2.40. The molecule has 5 heteroatoms. The minimum atomic E-state index is -0.212. The van der Waals surface area contributed by atoms with E-state index in [0.717, 1.165) is 35.4 Å². The molecule has 4 nitrogen and oxygen atoms in total. The minimum absolute atomic E-state index is 0.212. The van der Waals surface area contributed by atoms with E-state index in [2.05, 4.69) is 29.7 Å². The predicted octanol–water partition coefficient (Wildman–Crippen LogP) is 4.88. The number of aromatic nitrogens is 1. The average molecular weight is 338 g/mol. The van der Waals surface area contributed by atoms with Gasteiger partial charge in [-0.25, -0.2) is 0 Å². The Morgan fingerprint density at radius 1 is 1.21 bits per heavy atom. The van der Waals surface area contributed by atoms with Crippen LogP contribution in [0.5, 0.6) is 0 Å². The van der Waals surface area contributed by atoms with Gasteiger partial charge in [0, 0.05) is 21.7 Å². The molecular weight excluding hydrogens is 320 g/mol. The monoisotopic (exact) mass is 338 g/mol. The summed E-state index contributed by atoms with van der Waals surface area (Å²) < 4.78 is 5.48. The molecule has 1 aromatic carbocycles. The smallest absolute Gasteiger partial charge is 0.278 e. The van der Waals surface area contributed by atoms with E-state index in [1.165, 1.54) is 10.4 Å². The van der Waals surface area contributed by atoms with E-state index in [9.17, 15) is 4.79 Å². The quantitative estimate of drug-likeness (QED) is 0.740. The molecule has 1 aliphatic carbocycles. The van der Waals surface area contributed by atoms with Crippen molar-refractivity contribution in [2.45, 2.75) is 32.6 Å². The van der Waals surface area contributed by atoms with Crippen LogP contribution in [0, 0.1) is 0 Å². The molecule has 1 aliphatic rings. The molecule has 122 valence electrons. The average Bonchev–Trinajstić information content (AvgIpc) is 3.21. The molecule has 1 N–H and O–H groups in total. The van der Waals surface area contributed by atoms with Crippen molar-refractivity contribution in [1.29, 1.82) is 0 Å². The number of hydrogen-bond acceptors (Lipinski definition) is 4. The first-order valence-electron chi connectivity index (χ1n) is 8.10. The topological polar surface area (TPSA) is 55.1 Å². The summed E-state index contributed by atoms with van der Waals surface area (Å²) in [6.45, 7) is 4.29. The number of anilines is 1. The summed E-state index contributed by atoms with van der Waals surface area (Å²) in [5, 5.41) is 9.01. The molecule has 0 aliphatic heterocycles. The molecular formula is C19H18N2O2S. The van der Waals surface area contributed by atoms with Crippen molar-refractivity contribution in [1.82, 2.24) is 5.16 Å².